The number of carbonyl (C=O) groups is 1. The monoisotopic (exact) mass is 392 g/mol. The Kier molecular flexibility index (Phi) is 8.51. The van der Waals surface area contributed by atoms with Crippen LogP contribution in [0, 0.1) is 0 Å². The van der Waals surface area contributed by atoms with Gasteiger partial charge in [0.05, 0.1) is 20.3 Å². The third-order valence-corrected chi connectivity index (χ3v) is 8.33. The van der Waals surface area contributed by atoms with Crippen LogP contribution < -0.4 is 5.19 Å². The SMILES string of the molecule is CCCC1OC(CC)CC(CC(C)OC(=O)C[Si](C)(C)c2ccccc2)O1. The molecule has 1 aromatic carbocycles. The lowest BCUT2D eigenvalue weighted by Crippen LogP contribution is -2.44. The molecule has 4 nitrogen and oxygen atoms in total. The van der Waals surface area contributed by atoms with Crippen LogP contribution in [0.1, 0.15) is 52.9 Å². The van der Waals surface area contributed by atoms with Gasteiger partial charge in [0.1, 0.15) is 6.10 Å². The van der Waals surface area contributed by atoms with Crippen LogP contribution in [0.2, 0.25) is 19.1 Å². The Bertz CT molecular complexity index is 575. The zero-order valence-corrected chi connectivity index (χ0v) is 18.6. The molecule has 1 aromatic rings. The highest BCUT2D eigenvalue weighted by Gasteiger charge is 2.32. The Morgan fingerprint density at radius 1 is 1.19 bits per heavy atom. The van der Waals surface area contributed by atoms with Gasteiger partial charge in [-0.1, -0.05) is 68.9 Å². The predicted molar refractivity (Wildman–Crippen MR) is 112 cm³/mol. The summed E-state index contributed by atoms with van der Waals surface area (Å²) in [5.41, 5.74) is 0. The van der Waals surface area contributed by atoms with E-state index in [0.717, 1.165) is 32.1 Å². The van der Waals surface area contributed by atoms with Crippen LogP contribution in [0.15, 0.2) is 30.3 Å². The molecule has 4 atom stereocenters. The average molecular weight is 393 g/mol. The highest BCUT2D eigenvalue weighted by molar-refractivity contribution is 6.91. The van der Waals surface area contributed by atoms with Crippen LogP contribution in [0.5, 0.6) is 0 Å². The Morgan fingerprint density at radius 3 is 2.48 bits per heavy atom. The highest BCUT2D eigenvalue weighted by Crippen LogP contribution is 2.26. The lowest BCUT2D eigenvalue weighted by molar-refractivity contribution is -0.249. The first-order valence-corrected chi connectivity index (χ1v) is 13.6. The number of ether oxygens (including phenoxy) is 3. The molecule has 2 rings (SSSR count). The largest absolute Gasteiger partial charge is 0.463 e. The maximum atomic E-state index is 12.5. The topological polar surface area (TPSA) is 44.8 Å². The number of benzene rings is 1. The summed E-state index contributed by atoms with van der Waals surface area (Å²) in [6, 6.07) is 10.8. The predicted octanol–water partition coefficient (Wildman–Crippen LogP) is 4.63. The molecule has 4 unspecified atom stereocenters. The van der Waals surface area contributed by atoms with E-state index in [1.165, 1.54) is 5.19 Å². The normalized spacial score (nSPS) is 24.4. The minimum atomic E-state index is -1.83. The average Bonchev–Trinajstić information content (AvgIpc) is 2.61. The van der Waals surface area contributed by atoms with Crippen molar-refractivity contribution in [2.45, 2.75) is 96.6 Å². The molecule has 0 radical (unpaired) electrons. The van der Waals surface area contributed by atoms with Gasteiger partial charge in [0.25, 0.3) is 0 Å². The fourth-order valence-electron chi connectivity index (χ4n) is 3.69. The lowest BCUT2D eigenvalue weighted by atomic mass is 10.0. The minimum absolute atomic E-state index is 0.0905. The molecular weight excluding hydrogens is 356 g/mol. The van der Waals surface area contributed by atoms with Crippen molar-refractivity contribution in [3.05, 3.63) is 30.3 Å². The van der Waals surface area contributed by atoms with Crippen LogP contribution in [0.3, 0.4) is 0 Å². The summed E-state index contributed by atoms with van der Waals surface area (Å²) in [7, 11) is -1.83. The van der Waals surface area contributed by atoms with Crippen molar-refractivity contribution in [1.82, 2.24) is 0 Å². The van der Waals surface area contributed by atoms with E-state index in [4.69, 9.17) is 14.2 Å². The summed E-state index contributed by atoms with van der Waals surface area (Å²) in [5, 5.41) is 1.29. The summed E-state index contributed by atoms with van der Waals surface area (Å²) < 4.78 is 17.8. The fraction of sp³-hybridized carbons (Fsp3) is 0.682. The van der Waals surface area contributed by atoms with E-state index in [0.29, 0.717) is 6.04 Å². The molecule has 27 heavy (non-hydrogen) atoms. The Balaban J connectivity index is 1.85. The molecule has 0 saturated carbocycles. The highest BCUT2D eigenvalue weighted by atomic mass is 28.3. The molecule has 5 heteroatoms. The van der Waals surface area contributed by atoms with Gasteiger partial charge in [0.2, 0.25) is 0 Å². The van der Waals surface area contributed by atoms with E-state index in [1.54, 1.807) is 0 Å². The maximum Gasteiger partial charge on any atom is 0.303 e. The van der Waals surface area contributed by atoms with E-state index < -0.39 is 8.07 Å². The second-order valence-corrected chi connectivity index (χ2v) is 13.0. The molecule has 0 N–H and O–H groups in total. The lowest BCUT2D eigenvalue weighted by Gasteiger charge is -2.36. The minimum Gasteiger partial charge on any atom is -0.463 e. The van der Waals surface area contributed by atoms with E-state index in [9.17, 15) is 4.79 Å². The van der Waals surface area contributed by atoms with Gasteiger partial charge in [0.15, 0.2) is 6.29 Å². The van der Waals surface area contributed by atoms with Crippen LogP contribution in [-0.2, 0) is 19.0 Å². The summed E-state index contributed by atoms with van der Waals surface area (Å²) >= 11 is 0. The zero-order valence-electron chi connectivity index (χ0n) is 17.6. The van der Waals surface area contributed by atoms with Gasteiger partial charge in [-0.3, -0.25) is 4.79 Å². The van der Waals surface area contributed by atoms with Gasteiger partial charge in [-0.25, -0.2) is 0 Å². The van der Waals surface area contributed by atoms with Gasteiger partial charge in [-0.15, -0.1) is 0 Å². The van der Waals surface area contributed by atoms with Crippen LogP contribution in [0.25, 0.3) is 0 Å². The van der Waals surface area contributed by atoms with E-state index in [-0.39, 0.29) is 30.6 Å². The molecule has 0 spiro atoms. The first kappa shape index (κ1) is 22.1. The first-order valence-electron chi connectivity index (χ1n) is 10.4. The fourth-order valence-corrected chi connectivity index (χ4v) is 5.79. The summed E-state index contributed by atoms with van der Waals surface area (Å²) in [6.07, 6.45) is 4.64. The molecule has 1 heterocycles. The molecule has 0 aliphatic carbocycles. The second kappa shape index (κ2) is 10.4. The van der Waals surface area contributed by atoms with Gasteiger partial charge in [-0.2, -0.15) is 0 Å². The first-order chi connectivity index (χ1) is 12.8. The molecule has 1 aliphatic heterocycles. The van der Waals surface area contributed by atoms with Gasteiger partial charge in [-0.05, 0) is 19.8 Å². The number of esters is 1. The Hall–Kier alpha value is -1.17. The van der Waals surface area contributed by atoms with Crippen molar-refractivity contribution in [3.63, 3.8) is 0 Å². The summed E-state index contributed by atoms with van der Waals surface area (Å²) in [6.45, 7) is 10.7. The molecule has 0 amide bonds. The third-order valence-electron chi connectivity index (χ3n) is 5.26. The van der Waals surface area contributed by atoms with Crippen molar-refractivity contribution in [3.8, 4) is 0 Å². The second-order valence-electron chi connectivity index (χ2n) is 8.34. The number of hydrogen-bond acceptors (Lipinski definition) is 4. The molecule has 1 saturated heterocycles. The van der Waals surface area contributed by atoms with Gasteiger partial charge >= 0.3 is 5.97 Å². The number of rotatable bonds is 9. The number of hydrogen-bond donors (Lipinski definition) is 0. The third kappa shape index (κ3) is 7.05. The smallest absolute Gasteiger partial charge is 0.303 e. The zero-order chi connectivity index (χ0) is 19.9. The summed E-state index contributed by atoms with van der Waals surface area (Å²) in [5.74, 6) is -0.0905. The van der Waals surface area contributed by atoms with E-state index >= 15 is 0 Å². The van der Waals surface area contributed by atoms with Crippen molar-refractivity contribution in [2.75, 3.05) is 0 Å². The Labute approximate surface area is 165 Å². The standard InChI is InChI=1S/C22H36O4Si/c1-6-11-22-25-18(7-2)15-19(26-22)14-17(3)24-21(23)16-27(4,5)20-12-9-8-10-13-20/h8-10,12-13,17-19,22H,6-7,11,14-16H2,1-5H3. The van der Waals surface area contributed by atoms with Crippen LogP contribution in [0.4, 0.5) is 0 Å². The maximum absolute atomic E-state index is 12.5. The van der Waals surface area contributed by atoms with Crippen molar-refractivity contribution in [1.29, 1.82) is 0 Å². The van der Waals surface area contributed by atoms with Crippen LogP contribution in [-0.4, -0.2) is 38.6 Å². The van der Waals surface area contributed by atoms with Crippen molar-refractivity contribution < 1.29 is 19.0 Å². The molecule has 1 fully saturated rings. The van der Waals surface area contributed by atoms with Gasteiger partial charge in [0, 0.05) is 18.9 Å². The molecule has 0 aromatic heterocycles. The molecule has 0 bridgehead atoms. The quantitative estimate of drug-likeness (QED) is 0.454. The Morgan fingerprint density at radius 2 is 1.85 bits per heavy atom. The van der Waals surface area contributed by atoms with Crippen molar-refractivity contribution in [2.24, 2.45) is 0 Å². The van der Waals surface area contributed by atoms with Crippen LogP contribution >= 0.6 is 0 Å². The summed E-state index contributed by atoms with van der Waals surface area (Å²) in [4.78, 5) is 12.5. The van der Waals surface area contributed by atoms with Crippen molar-refractivity contribution >= 4 is 19.2 Å². The number of carbonyl (C=O) groups excluding carboxylic acids is 1. The molecule has 152 valence electrons. The van der Waals surface area contributed by atoms with E-state index in [1.807, 2.05) is 25.1 Å². The van der Waals surface area contributed by atoms with Gasteiger partial charge < -0.3 is 14.2 Å². The molecular formula is C22H36O4Si. The molecule has 1 aliphatic rings. The van der Waals surface area contributed by atoms with E-state index in [2.05, 4.69) is 39.1 Å².